The average Bonchev–Trinajstić information content (AvgIpc) is 3.18. The molecule has 27 heavy (non-hydrogen) atoms. The van der Waals surface area contributed by atoms with E-state index in [0.717, 1.165) is 16.7 Å². The first-order valence-corrected chi connectivity index (χ1v) is 9.15. The minimum Gasteiger partial charge on any atom is -0.416 e. The molecular formula is C22H18ClN3O. The second-order valence-corrected chi connectivity index (χ2v) is 6.94. The van der Waals surface area contributed by atoms with Gasteiger partial charge in [0.15, 0.2) is 0 Å². The van der Waals surface area contributed by atoms with Crippen molar-refractivity contribution >= 4 is 11.6 Å². The second kappa shape index (κ2) is 7.33. The van der Waals surface area contributed by atoms with Gasteiger partial charge in [-0.15, -0.1) is 10.2 Å². The molecule has 2 aromatic carbocycles. The van der Waals surface area contributed by atoms with Gasteiger partial charge in [0.2, 0.25) is 5.89 Å². The van der Waals surface area contributed by atoms with Crippen molar-refractivity contribution in [1.82, 2.24) is 15.2 Å². The van der Waals surface area contributed by atoms with Gasteiger partial charge in [-0.3, -0.25) is 0 Å². The van der Waals surface area contributed by atoms with Gasteiger partial charge in [0.1, 0.15) is 5.15 Å². The topological polar surface area (TPSA) is 51.8 Å². The van der Waals surface area contributed by atoms with E-state index in [1.807, 2.05) is 48.5 Å². The summed E-state index contributed by atoms with van der Waals surface area (Å²) < 4.78 is 5.95. The summed E-state index contributed by atoms with van der Waals surface area (Å²) in [5.74, 6) is 1.29. The SMILES string of the molecule is CC(C)c1ccc(-c2nnc(-c3c(-c4ccccc4)ccnc3Cl)o2)cc1. The molecule has 0 atom stereocenters. The normalized spacial score (nSPS) is 11.1. The van der Waals surface area contributed by atoms with Crippen LogP contribution in [0.5, 0.6) is 0 Å². The molecule has 0 amide bonds. The molecule has 4 rings (SSSR count). The van der Waals surface area contributed by atoms with E-state index in [2.05, 4.69) is 41.2 Å². The van der Waals surface area contributed by atoms with E-state index in [9.17, 15) is 0 Å². The Balaban J connectivity index is 1.76. The van der Waals surface area contributed by atoms with Crippen LogP contribution in [0.3, 0.4) is 0 Å². The van der Waals surface area contributed by atoms with Gasteiger partial charge >= 0.3 is 0 Å². The van der Waals surface area contributed by atoms with Gasteiger partial charge in [0.05, 0.1) is 5.56 Å². The highest BCUT2D eigenvalue weighted by atomic mass is 35.5. The van der Waals surface area contributed by atoms with Crippen molar-refractivity contribution < 1.29 is 4.42 Å². The number of nitrogens with zero attached hydrogens (tertiary/aromatic N) is 3. The Morgan fingerprint density at radius 1 is 0.815 bits per heavy atom. The highest BCUT2D eigenvalue weighted by Gasteiger charge is 2.19. The molecule has 0 saturated heterocycles. The number of hydrogen-bond acceptors (Lipinski definition) is 4. The third-order valence-corrected chi connectivity index (χ3v) is 4.74. The fraction of sp³-hybridized carbons (Fsp3) is 0.136. The number of halogens is 1. The maximum Gasteiger partial charge on any atom is 0.251 e. The maximum absolute atomic E-state index is 6.39. The van der Waals surface area contributed by atoms with Gasteiger partial charge in [-0.25, -0.2) is 4.98 Å². The number of aromatic nitrogens is 3. The van der Waals surface area contributed by atoms with Crippen molar-refractivity contribution in [2.24, 2.45) is 0 Å². The second-order valence-electron chi connectivity index (χ2n) is 6.58. The molecule has 0 bridgehead atoms. The lowest BCUT2D eigenvalue weighted by Gasteiger charge is -2.07. The number of rotatable bonds is 4. The molecule has 0 saturated carbocycles. The minimum atomic E-state index is 0.335. The molecule has 0 aliphatic rings. The van der Waals surface area contributed by atoms with Crippen molar-refractivity contribution in [3.8, 4) is 34.0 Å². The zero-order valence-corrected chi connectivity index (χ0v) is 15.8. The Kier molecular flexibility index (Phi) is 4.73. The maximum atomic E-state index is 6.39. The number of pyridine rings is 1. The molecule has 2 heterocycles. The lowest BCUT2D eigenvalue weighted by molar-refractivity contribution is 0.584. The Hall–Kier alpha value is -2.98. The predicted molar refractivity (Wildman–Crippen MR) is 108 cm³/mol. The molecular weight excluding hydrogens is 358 g/mol. The van der Waals surface area contributed by atoms with Crippen LogP contribution in [0, 0.1) is 0 Å². The summed E-state index contributed by atoms with van der Waals surface area (Å²) in [5.41, 5.74) is 4.70. The van der Waals surface area contributed by atoms with Crippen molar-refractivity contribution in [2.75, 3.05) is 0 Å². The van der Waals surface area contributed by atoms with Crippen LogP contribution in [-0.2, 0) is 0 Å². The summed E-state index contributed by atoms with van der Waals surface area (Å²) in [6.07, 6.45) is 1.68. The smallest absolute Gasteiger partial charge is 0.251 e. The van der Waals surface area contributed by atoms with Gasteiger partial charge in [0, 0.05) is 11.8 Å². The van der Waals surface area contributed by atoms with Crippen molar-refractivity contribution in [3.05, 3.63) is 77.6 Å². The predicted octanol–water partition coefficient (Wildman–Crippen LogP) is 6.24. The molecule has 0 aliphatic carbocycles. The Morgan fingerprint density at radius 3 is 2.22 bits per heavy atom. The first-order valence-electron chi connectivity index (χ1n) is 8.77. The van der Waals surface area contributed by atoms with Gasteiger partial charge in [-0.2, -0.15) is 0 Å². The van der Waals surface area contributed by atoms with Crippen LogP contribution in [0.2, 0.25) is 5.15 Å². The molecule has 0 fully saturated rings. The van der Waals surface area contributed by atoms with E-state index in [1.54, 1.807) is 6.20 Å². The molecule has 0 aliphatic heterocycles. The van der Waals surface area contributed by atoms with Crippen LogP contribution in [0.1, 0.15) is 25.3 Å². The summed E-state index contributed by atoms with van der Waals surface area (Å²) in [4.78, 5) is 4.19. The molecule has 0 N–H and O–H groups in total. The quantitative estimate of drug-likeness (QED) is 0.396. The molecule has 4 nitrogen and oxygen atoms in total. The molecule has 134 valence electrons. The lowest BCUT2D eigenvalue weighted by atomic mass is 10.0. The van der Waals surface area contributed by atoms with Crippen LogP contribution in [0.15, 0.2) is 71.3 Å². The molecule has 4 aromatic rings. The van der Waals surface area contributed by atoms with E-state index < -0.39 is 0 Å². The summed E-state index contributed by atoms with van der Waals surface area (Å²) in [6.45, 7) is 4.32. The Bertz CT molecular complexity index is 1060. The van der Waals surface area contributed by atoms with Gasteiger partial charge < -0.3 is 4.42 Å². The van der Waals surface area contributed by atoms with Gasteiger partial charge in [0.25, 0.3) is 5.89 Å². The first-order chi connectivity index (χ1) is 13.1. The third-order valence-electron chi connectivity index (χ3n) is 4.45. The Labute approximate surface area is 162 Å². The summed E-state index contributed by atoms with van der Waals surface area (Å²) >= 11 is 6.39. The van der Waals surface area contributed by atoms with E-state index in [0.29, 0.717) is 28.4 Å². The van der Waals surface area contributed by atoms with E-state index in [4.69, 9.17) is 16.0 Å². The number of hydrogen-bond donors (Lipinski definition) is 0. The van der Waals surface area contributed by atoms with Crippen molar-refractivity contribution in [3.63, 3.8) is 0 Å². The number of benzene rings is 2. The fourth-order valence-corrected chi connectivity index (χ4v) is 3.19. The van der Waals surface area contributed by atoms with Crippen LogP contribution in [0.4, 0.5) is 0 Å². The van der Waals surface area contributed by atoms with Crippen LogP contribution in [0.25, 0.3) is 34.0 Å². The van der Waals surface area contributed by atoms with E-state index in [-0.39, 0.29) is 0 Å². The van der Waals surface area contributed by atoms with Crippen molar-refractivity contribution in [2.45, 2.75) is 19.8 Å². The molecule has 0 unspecified atom stereocenters. The zero-order chi connectivity index (χ0) is 18.8. The van der Waals surface area contributed by atoms with E-state index >= 15 is 0 Å². The van der Waals surface area contributed by atoms with E-state index in [1.165, 1.54) is 5.56 Å². The fourth-order valence-electron chi connectivity index (χ4n) is 2.95. The molecule has 0 spiro atoms. The highest BCUT2D eigenvalue weighted by Crippen LogP contribution is 2.36. The third kappa shape index (κ3) is 3.49. The van der Waals surface area contributed by atoms with Crippen LogP contribution < -0.4 is 0 Å². The zero-order valence-electron chi connectivity index (χ0n) is 15.1. The lowest BCUT2D eigenvalue weighted by Crippen LogP contribution is -1.89. The monoisotopic (exact) mass is 375 g/mol. The van der Waals surface area contributed by atoms with Gasteiger partial charge in [-0.05, 0) is 40.8 Å². The molecule has 2 aromatic heterocycles. The average molecular weight is 376 g/mol. The minimum absolute atomic E-state index is 0.335. The molecule has 0 radical (unpaired) electrons. The standard InChI is InChI=1S/C22H18ClN3O/c1-14(2)15-8-10-17(11-9-15)21-25-26-22(27-21)19-18(12-13-24-20(19)23)16-6-4-3-5-7-16/h3-14H,1-2H3. The van der Waals surface area contributed by atoms with Crippen LogP contribution in [-0.4, -0.2) is 15.2 Å². The summed E-state index contributed by atoms with van der Waals surface area (Å²) in [5, 5.41) is 8.77. The van der Waals surface area contributed by atoms with Gasteiger partial charge in [-0.1, -0.05) is 67.9 Å². The Morgan fingerprint density at radius 2 is 1.52 bits per heavy atom. The molecule has 5 heteroatoms. The highest BCUT2D eigenvalue weighted by molar-refractivity contribution is 6.32. The summed E-state index contributed by atoms with van der Waals surface area (Å²) in [7, 11) is 0. The van der Waals surface area contributed by atoms with Crippen LogP contribution >= 0.6 is 11.6 Å². The first kappa shape index (κ1) is 17.4. The summed E-state index contributed by atoms with van der Waals surface area (Å²) in [6, 6.07) is 20.0. The largest absolute Gasteiger partial charge is 0.416 e. The van der Waals surface area contributed by atoms with Crippen molar-refractivity contribution in [1.29, 1.82) is 0 Å².